The fourth-order valence-electron chi connectivity index (χ4n) is 1.87. The number of hydrogen-bond acceptors (Lipinski definition) is 5. The molecule has 1 aromatic rings. The Hall–Kier alpha value is -2.41. The first-order valence-corrected chi connectivity index (χ1v) is 7.69. The predicted molar refractivity (Wildman–Crippen MR) is 91.2 cm³/mol. The fourth-order valence-corrected chi connectivity index (χ4v) is 3.25. The molecule has 0 N–H and O–H groups in total. The van der Waals surface area contributed by atoms with E-state index in [1.54, 1.807) is 23.1 Å². The fraction of sp³-hybridized carbons (Fsp3) is 0.125. The minimum Gasteiger partial charge on any atom is -0.293 e. The summed E-state index contributed by atoms with van der Waals surface area (Å²) >= 11 is 6.46. The number of benzene rings is 1. The molecule has 0 spiro atoms. The number of allylic oxidation sites excluding steroid dienone is 1. The SMILES string of the molecule is CCN1C(=O)/C(=C\c2ccc(C=C(C#N)C#N)cc2)SC1=S. The average molecular weight is 325 g/mol. The van der Waals surface area contributed by atoms with Gasteiger partial charge in [-0.1, -0.05) is 48.2 Å². The Bertz CT molecular complexity index is 748. The minimum atomic E-state index is -0.0716. The van der Waals surface area contributed by atoms with Crippen molar-refractivity contribution in [1.82, 2.24) is 4.90 Å². The first kappa shape index (κ1) is 16.0. The van der Waals surface area contributed by atoms with Crippen LogP contribution in [0.15, 0.2) is 34.7 Å². The molecule has 1 aromatic carbocycles. The smallest absolute Gasteiger partial charge is 0.266 e. The van der Waals surface area contributed by atoms with Crippen LogP contribution in [0, 0.1) is 22.7 Å². The van der Waals surface area contributed by atoms with Crippen molar-refractivity contribution < 1.29 is 4.79 Å². The number of thiocarbonyl (C=S) groups is 1. The maximum atomic E-state index is 12.1. The number of rotatable bonds is 3. The van der Waals surface area contributed by atoms with Gasteiger partial charge in [-0.3, -0.25) is 9.69 Å². The number of likely N-dealkylation sites (N-methyl/N-ethyl adjacent to an activating group) is 1. The molecule has 0 unspecified atom stereocenters. The van der Waals surface area contributed by atoms with Crippen LogP contribution in [0.4, 0.5) is 0 Å². The van der Waals surface area contributed by atoms with E-state index in [1.807, 2.05) is 31.2 Å². The van der Waals surface area contributed by atoms with Crippen LogP contribution in [0.1, 0.15) is 18.1 Å². The van der Waals surface area contributed by atoms with E-state index >= 15 is 0 Å². The van der Waals surface area contributed by atoms with Crippen molar-refractivity contribution >= 4 is 46.4 Å². The first-order chi connectivity index (χ1) is 10.6. The number of carbonyl (C=O) groups excluding carboxylic acids is 1. The zero-order valence-electron chi connectivity index (χ0n) is 11.7. The van der Waals surface area contributed by atoms with Crippen LogP contribution in [0.25, 0.3) is 12.2 Å². The molecule has 1 saturated heterocycles. The van der Waals surface area contributed by atoms with Crippen LogP contribution in [0.2, 0.25) is 0 Å². The van der Waals surface area contributed by atoms with E-state index in [0.29, 0.717) is 15.8 Å². The van der Waals surface area contributed by atoms with E-state index in [1.165, 1.54) is 17.8 Å². The Morgan fingerprint density at radius 3 is 2.36 bits per heavy atom. The molecule has 0 aliphatic carbocycles. The van der Waals surface area contributed by atoms with Crippen molar-refractivity contribution in [1.29, 1.82) is 10.5 Å². The molecule has 22 heavy (non-hydrogen) atoms. The third kappa shape index (κ3) is 3.43. The van der Waals surface area contributed by atoms with Crippen molar-refractivity contribution in [2.24, 2.45) is 0 Å². The Morgan fingerprint density at radius 2 is 1.86 bits per heavy atom. The summed E-state index contributed by atoms with van der Waals surface area (Å²) in [4.78, 5) is 14.3. The van der Waals surface area contributed by atoms with E-state index in [-0.39, 0.29) is 11.5 Å². The van der Waals surface area contributed by atoms with Crippen molar-refractivity contribution in [3.8, 4) is 12.1 Å². The van der Waals surface area contributed by atoms with E-state index in [4.69, 9.17) is 22.7 Å². The molecule has 108 valence electrons. The van der Waals surface area contributed by atoms with E-state index in [9.17, 15) is 4.79 Å². The number of thioether (sulfide) groups is 1. The highest BCUT2D eigenvalue weighted by Crippen LogP contribution is 2.32. The first-order valence-electron chi connectivity index (χ1n) is 6.46. The molecule has 1 fully saturated rings. The Labute approximate surface area is 138 Å². The van der Waals surface area contributed by atoms with Gasteiger partial charge in [-0.2, -0.15) is 10.5 Å². The zero-order valence-corrected chi connectivity index (χ0v) is 13.4. The zero-order chi connectivity index (χ0) is 16.1. The summed E-state index contributed by atoms with van der Waals surface area (Å²) in [5, 5.41) is 17.5. The van der Waals surface area contributed by atoms with Gasteiger partial charge >= 0.3 is 0 Å². The lowest BCUT2D eigenvalue weighted by molar-refractivity contribution is -0.121. The Kier molecular flexibility index (Phi) is 5.11. The van der Waals surface area contributed by atoms with Crippen molar-refractivity contribution in [3.63, 3.8) is 0 Å². The Morgan fingerprint density at radius 1 is 1.27 bits per heavy atom. The lowest BCUT2D eigenvalue weighted by Crippen LogP contribution is -2.27. The summed E-state index contributed by atoms with van der Waals surface area (Å²) in [7, 11) is 0. The number of carbonyl (C=O) groups is 1. The third-order valence-corrected chi connectivity index (χ3v) is 4.35. The van der Waals surface area contributed by atoms with Crippen molar-refractivity contribution in [2.75, 3.05) is 6.54 Å². The minimum absolute atomic E-state index is 0.0524. The number of nitriles is 2. The van der Waals surface area contributed by atoms with Crippen LogP contribution in [-0.4, -0.2) is 21.7 Å². The summed E-state index contributed by atoms with van der Waals surface area (Å²) in [6.07, 6.45) is 3.30. The molecule has 0 radical (unpaired) electrons. The summed E-state index contributed by atoms with van der Waals surface area (Å²) in [6.45, 7) is 2.45. The van der Waals surface area contributed by atoms with Gasteiger partial charge in [0.1, 0.15) is 22.0 Å². The van der Waals surface area contributed by atoms with Gasteiger partial charge in [0.25, 0.3) is 5.91 Å². The van der Waals surface area contributed by atoms with Gasteiger partial charge in [0.05, 0.1) is 4.91 Å². The van der Waals surface area contributed by atoms with E-state index < -0.39 is 0 Å². The molecule has 0 atom stereocenters. The van der Waals surface area contributed by atoms with Gasteiger partial charge in [-0.25, -0.2) is 0 Å². The largest absolute Gasteiger partial charge is 0.293 e. The second kappa shape index (κ2) is 7.04. The molecule has 0 bridgehead atoms. The maximum absolute atomic E-state index is 12.1. The summed E-state index contributed by atoms with van der Waals surface area (Å²) < 4.78 is 0.575. The highest BCUT2D eigenvalue weighted by molar-refractivity contribution is 8.26. The molecule has 1 aliphatic rings. The molecule has 0 aromatic heterocycles. The van der Waals surface area contributed by atoms with Crippen LogP contribution in [0.5, 0.6) is 0 Å². The van der Waals surface area contributed by atoms with Crippen molar-refractivity contribution in [3.05, 3.63) is 45.9 Å². The molecule has 4 nitrogen and oxygen atoms in total. The summed E-state index contributed by atoms with van der Waals surface area (Å²) in [6, 6.07) is 10.9. The second-order valence-corrected chi connectivity index (χ2v) is 6.05. The van der Waals surface area contributed by atoms with Crippen LogP contribution in [0.3, 0.4) is 0 Å². The molecule has 1 amide bonds. The number of amides is 1. The topological polar surface area (TPSA) is 67.9 Å². The average Bonchev–Trinajstić information content (AvgIpc) is 2.80. The molecule has 1 aliphatic heterocycles. The lowest BCUT2D eigenvalue weighted by Gasteiger charge is -2.09. The van der Waals surface area contributed by atoms with Gasteiger partial charge in [0.2, 0.25) is 0 Å². The molecular weight excluding hydrogens is 314 g/mol. The van der Waals surface area contributed by atoms with Crippen molar-refractivity contribution in [2.45, 2.75) is 6.92 Å². The van der Waals surface area contributed by atoms with Gasteiger partial charge in [0, 0.05) is 6.54 Å². The second-order valence-electron chi connectivity index (χ2n) is 4.37. The van der Waals surface area contributed by atoms with Crippen LogP contribution in [-0.2, 0) is 4.79 Å². The highest BCUT2D eigenvalue weighted by atomic mass is 32.2. The Balaban J connectivity index is 2.23. The van der Waals surface area contributed by atoms with Gasteiger partial charge in [-0.05, 0) is 30.2 Å². The van der Waals surface area contributed by atoms with E-state index in [2.05, 4.69) is 0 Å². The van der Waals surface area contributed by atoms with Crippen LogP contribution >= 0.6 is 24.0 Å². The number of nitrogens with zero attached hydrogens (tertiary/aromatic N) is 3. The third-order valence-electron chi connectivity index (χ3n) is 2.98. The molecule has 2 rings (SSSR count). The number of hydrogen-bond donors (Lipinski definition) is 0. The maximum Gasteiger partial charge on any atom is 0.266 e. The summed E-state index contributed by atoms with van der Waals surface area (Å²) in [5.74, 6) is -0.0716. The van der Waals surface area contributed by atoms with Gasteiger partial charge in [0.15, 0.2) is 0 Å². The molecular formula is C16H11N3OS2. The normalized spacial score (nSPS) is 15.6. The lowest BCUT2D eigenvalue weighted by atomic mass is 10.1. The molecule has 1 heterocycles. The molecule has 6 heteroatoms. The standard InChI is InChI=1S/C16H11N3OS2/c1-2-19-15(20)14(22-16(19)21)8-12-5-3-11(4-6-12)7-13(9-17)10-18/h3-8H,2H2,1H3/b14-8+. The monoisotopic (exact) mass is 325 g/mol. The quantitative estimate of drug-likeness (QED) is 0.484. The summed E-state index contributed by atoms with van der Waals surface area (Å²) in [5.41, 5.74) is 1.68. The predicted octanol–water partition coefficient (Wildman–Crippen LogP) is 3.34. The van der Waals surface area contributed by atoms with E-state index in [0.717, 1.165) is 11.1 Å². The highest BCUT2D eigenvalue weighted by Gasteiger charge is 2.30. The van der Waals surface area contributed by atoms with Gasteiger partial charge < -0.3 is 0 Å². The van der Waals surface area contributed by atoms with Gasteiger partial charge in [-0.15, -0.1) is 0 Å². The molecule has 0 saturated carbocycles. The van der Waals surface area contributed by atoms with Crippen LogP contribution < -0.4 is 0 Å².